The highest BCUT2D eigenvalue weighted by Crippen LogP contribution is 2.24. The third-order valence-corrected chi connectivity index (χ3v) is 4.13. The number of piperidine rings is 1. The largest absolute Gasteiger partial charge is 0.324 e. The highest BCUT2D eigenvalue weighted by atomic mass is 35.5. The molecule has 3 N–H and O–H groups in total. The predicted molar refractivity (Wildman–Crippen MR) is 93.2 cm³/mol. The molecule has 1 aromatic carbocycles. The molecule has 6 heteroatoms. The van der Waals surface area contributed by atoms with Gasteiger partial charge in [0.05, 0.1) is 5.02 Å². The second kappa shape index (κ2) is 7.44. The minimum Gasteiger partial charge on any atom is -0.316 e. The summed E-state index contributed by atoms with van der Waals surface area (Å²) in [5.41, 5.74) is 2.06. The second-order valence-corrected chi connectivity index (χ2v) is 6.04. The van der Waals surface area contributed by atoms with Gasteiger partial charge < -0.3 is 10.6 Å². The lowest BCUT2D eigenvalue weighted by Crippen LogP contribution is -2.28. The van der Waals surface area contributed by atoms with Crippen molar-refractivity contribution in [1.29, 1.82) is 0 Å². The third-order valence-electron chi connectivity index (χ3n) is 3.91. The van der Waals surface area contributed by atoms with Gasteiger partial charge in [-0.1, -0.05) is 23.7 Å². The van der Waals surface area contributed by atoms with Crippen molar-refractivity contribution in [3.05, 3.63) is 53.2 Å². The van der Waals surface area contributed by atoms with E-state index in [1.165, 1.54) is 24.6 Å². The Balaban J connectivity index is 1.57. The zero-order valence-electron chi connectivity index (χ0n) is 12.7. The molecule has 120 valence electrons. The van der Waals surface area contributed by atoms with Crippen LogP contribution in [0.25, 0.3) is 0 Å². The van der Waals surface area contributed by atoms with Crippen LogP contribution in [0, 0.1) is 0 Å². The number of halogens is 1. The van der Waals surface area contributed by atoms with Gasteiger partial charge in [0, 0.05) is 18.4 Å². The first kappa shape index (κ1) is 15.8. The van der Waals surface area contributed by atoms with Crippen LogP contribution in [0.15, 0.2) is 42.6 Å². The van der Waals surface area contributed by atoms with E-state index in [0.29, 0.717) is 16.8 Å². The maximum atomic E-state index is 11.9. The van der Waals surface area contributed by atoms with Crippen LogP contribution in [0.4, 0.5) is 16.3 Å². The summed E-state index contributed by atoms with van der Waals surface area (Å²) in [7, 11) is 0. The Labute approximate surface area is 140 Å². The monoisotopic (exact) mass is 330 g/mol. The number of hydrogen-bond acceptors (Lipinski definition) is 3. The summed E-state index contributed by atoms with van der Waals surface area (Å²) >= 11 is 5.76. The average molecular weight is 331 g/mol. The van der Waals surface area contributed by atoms with Crippen LogP contribution >= 0.6 is 11.6 Å². The van der Waals surface area contributed by atoms with Crippen LogP contribution in [0.1, 0.15) is 24.3 Å². The summed E-state index contributed by atoms with van der Waals surface area (Å²) in [6.45, 7) is 2.13. The molecular formula is C17H19ClN4O. The first-order valence-electron chi connectivity index (χ1n) is 7.71. The van der Waals surface area contributed by atoms with E-state index in [-0.39, 0.29) is 6.03 Å². The van der Waals surface area contributed by atoms with Crippen molar-refractivity contribution in [1.82, 2.24) is 10.3 Å². The number of benzene rings is 1. The fraction of sp³-hybridized carbons (Fsp3) is 0.294. The minimum absolute atomic E-state index is 0.327. The fourth-order valence-corrected chi connectivity index (χ4v) is 2.82. The Kier molecular flexibility index (Phi) is 5.10. The van der Waals surface area contributed by atoms with Gasteiger partial charge in [0.1, 0.15) is 5.82 Å². The molecule has 5 nitrogen and oxygen atoms in total. The zero-order valence-corrected chi connectivity index (χ0v) is 13.4. The van der Waals surface area contributed by atoms with Crippen molar-refractivity contribution in [2.24, 2.45) is 0 Å². The van der Waals surface area contributed by atoms with Gasteiger partial charge in [0.25, 0.3) is 0 Å². The molecule has 3 rings (SSSR count). The molecule has 2 amide bonds. The lowest BCUT2D eigenvalue weighted by molar-refractivity contribution is 0.262. The van der Waals surface area contributed by atoms with E-state index < -0.39 is 0 Å². The number of amides is 2. The molecule has 1 aliphatic heterocycles. The van der Waals surface area contributed by atoms with Gasteiger partial charge in [0.15, 0.2) is 0 Å². The van der Waals surface area contributed by atoms with Gasteiger partial charge in [0.2, 0.25) is 0 Å². The van der Waals surface area contributed by atoms with Gasteiger partial charge >= 0.3 is 6.03 Å². The highest BCUT2D eigenvalue weighted by Gasteiger charge is 2.14. The molecule has 0 spiro atoms. The maximum Gasteiger partial charge on any atom is 0.324 e. The van der Waals surface area contributed by atoms with Gasteiger partial charge in [-0.05, 0) is 55.1 Å². The van der Waals surface area contributed by atoms with Crippen molar-refractivity contribution in [2.45, 2.75) is 18.8 Å². The molecule has 23 heavy (non-hydrogen) atoms. The molecular weight excluding hydrogens is 312 g/mol. The molecule has 0 saturated carbocycles. The molecule has 1 aliphatic rings. The van der Waals surface area contributed by atoms with Crippen LogP contribution in [0.2, 0.25) is 5.02 Å². The number of urea groups is 1. The van der Waals surface area contributed by atoms with E-state index in [1.54, 1.807) is 12.1 Å². The SMILES string of the molecule is O=C(Nc1ccc([C@H]2CCCNC2)cc1)Nc1ccc(Cl)cn1. The summed E-state index contributed by atoms with van der Waals surface area (Å²) in [4.78, 5) is 16.0. The zero-order chi connectivity index (χ0) is 16.1. The summed E-state index contributed by atoms with van der Waals surface area (Å²) in [6.07, 6.45) is 3.91. The minimum atomic E-state index is -0.327. The molecule has 1 atom stereocenters. The van der Waals surface area contributed by atoms with Crippen molar-refractivity contribution in [3.63, 3.8) is 0 Å². The van der Waals surface area contributed by atoms with E-state index in [0.717, 1.165) is 18.8 Å². The lowest BCUT2D eigenvalue weighted by Gasteiger charge is -2.23. The predicted octanol–water partition coefficient (Wildman–Crippen LogP) is 3.85. The lowest BCUT2D eigenvalue weighted by atomic mass is 9.92. The number of rotatable bonds is 3. The van der Waals surface area contributed by atoms with Crippen LogP contribution in [-0.4, -0.2) is 24.1 Å². The Morgan fingerprint density at radius 3 is 2.65 bits per heavy atom. The highest BCUT2D eigenvalue weighted by molar-refractivity contribution is 6.30. The van der Waals surface area contributed by atoms with E-state index in [9.17, 15) is 4.79 Å². The molecule has 1 aromatic heterocycles. The maximum absolute atomic E-state index is 11.9. The van der Waals surface area contributed by atoms with Gasteiger partial charge in [-0.15, -0.1) is 0 Å². The Hall–Kier alpha value is -2.11. The number of anilines is 2. The van der Waals surface area contributed by atoms with Crippen molar-refractivity contribution in [2.75, 3.05) is 23.7 Å². The first-order chi connectivity index (χ1) is 11.2. The van der Waals surface area contributed by atoms with Crippen LogP contribution in [0.3, 0.4) is 0 Å². The quantitative estimate of drug-likeness (QED) is 0.801. The molecule has 0 aliphatic carbocycles. The standard InChI is InChI=1S/C17H19ClN4O/c18-14-5-8-16(20-11-14)22-17(23)21-15-6-3-12(4-7-15)13-2-1-9-19-10-13/h3-8,11,13,19H,1-2,9-10H2,(H2,20,21,22,23)/t13-/m0/s1. The normalized spacial score (nSPS) is 17.5. The molecule has 1 saturated heterocycles. The van der Waals surface area contributed by atoms with E-state index in [2.05, 4.69) is 33.1 Å². The number of nitrogens with zero attached hydrogens (tertiary/aromatic N) is 1. The molecule has 0 bridgehead atoms. The second-order valence-electron chi connectivity index (χ2n) is 5.61. The summed E-state index contributed by atoms with van der Waals surface area (Å²) in [5.74, 6) is 1.02. The number of nitrogens with one attached hydrogen (secondary N) is 3. The third kappa shape index (κ3) is 4.43. The van der Waals surface area contributed by atoms with Crippen molar-refractivity contribution >= 4 is 29.1 Å². The smallest absolute Gasteiger partial charge is 0.316 e. The van der Waals surface area contributed by atoms with Crippen molar-refractivity contribution in [3.8, 4) is 0 Å². The van der Waals surface area contributed by atoms with Crippen LogP contribution < -0.4 is 16.0 Å². The Morgan fingerprint density at radius 2 is 2.00 bits per heavy atom. The van der Waals surface area contributed by atoms with Gasteiger partial charge in [-0.25, -0.2) is 9.78 Å². The number of pyridine rings is 1. The Morgan fingerprint density at radius 1 is 1.17 bits per heavy atom. The van der Waals surface area contributed by atoms with Crippen molar-refractivity contribution < 1.29 is 4.79 Å². The number of aromatic nitrogens is 1. The topological polar surface area (TPSA) is 66.1 Å². The molecule has 2 heterocycles. The van der Waals surface area contributed by atoms with Crippen LogP contribution in [-0.2, 0) is 0 Å². The Bertz CT molecular complexity index is 651. The molecule has 1 fully saturated rings. The summed E-state index contributed by atoms with van der Waals surface area (Å²) < 4.78 is 0. The summed E-state index contributed by atoms with van der Waals surface area (Å²) in [5, 5.41) is 9.41. The molecule has 0 radical (unpaired) electrons. The van der Waals surface area contributed by atoms with Gasteiger partial charge in [-0.3, -0.25) is 5.32 Å². The molecule has 2 aromatic rings. The van der Waals surface area contributed by atoms with E-state index >= 15 is 0 Å². The summed E-state index contributed by atoms with van der Waals surface area (Å²) in [6, 6.07) is 11.0. The molecule has 0 unspecified atom stereocenters. The average Bonchev–Trinajstić information content (AvgIpc) is 2.58. The van der Waals surface area contributed by atoms with Gasteiger partial charge in [-0.2, -0.15) is 0 Å². The number of carbonyl (C=O) groups is 1. The first-order valence-corrected chi connectivity index (χ1v) is 8.09. The van der Waals surface area contributed by atoms with E-state index in [4.69, 9.17) is 11.6 Å². The van der Waals surface area contributed by atoms with E-state index in [1.807, 2.05) is 12.1 Å². The fourth-order valence-electron chi connectivity index (χ4n) is 2.70. The number of hydrogen-bond donors (Lipinski definition) is 3. The van der Waals surface area contributed by atoms with Crippen LogP contribution in [0.5, 0.6) is 0 Å². The number of carbonyl (C=O) groups excluding carboxylic acids is 1.